The van der Waals surface area contributed by atoms with E-state index in [-0.39, 0.29) is 5.54 Å². The lowest BCUT2D eigenvalue weighted by molar-refractivity contribution is 0.0837. The van der Waals surface area contributed by atoms with E-state index in [1.165, 1.54) is 0 Å². The molecule has 16 heavy (non-hydrogen) atoms. The third-order valence-electron chi connectivity index (χ3n) is 1.97. The van der Waals surface area contributed by atoms with Crippen molar-refractivity contribution < 1.29 is 9.47 Å². The fraction of sp³-hybridized carbons (Fsp3) is 0.500. The number of rotatable bonds is 5. The van der Waals surface area contributed by atoms with Crippen LogP contribution in [0, 0.1) is 0 Å². The molecule has 4 heteroatoms. The highest BCUT2D eigenvalue weighted by molar-refractivity contribution is 9.10. The van der Waals surface area contributed by atoms with Gasteiger partial charge in [-0.3, -0.25) is 0 Å². The Hall–Kier alpha value is -0.580. The number of halogens is 1. The quantitative estimate of drug-likeness (QED) is 0.906. The predicted octanol–water partition coefficient (Wildman–Crippen LogP) is 2.71. The molecule has 1 aromatic rings. The van der Waals surface area contributed by atoms with E-state index in [1.807, 2.05) is 32.0 Å². The van der Waals surface area contributed by atoms with Crippen molar-refractivity contribution in [3.05, 3.63) is 28.2 Å². The van der Waals surface area contributed by atoms with E-state index in [4.69, 9.17) is 15.2 Å². The Labute approximate surface area is 105 Å². The highest BCUT2D eigenvalue weighted by atomic mass is 79.9. The molecule has 0 aliphatic rings. The standard InChI is InChI=1S/C12H18BrNO2/c1-12(2,14)8-16-7-9-6-10(13)4-5-11(9)15-3/h4-6H,7-8,14H2,1-3H3. The van der Waals surface area contributed by atoms with Crippen molar-refractivity contribution in [1.82, 2.24) is 0 Å². The Morgan fingerprint density at radius 2 is 2.06 bits per heavy atom. The highest BCUT2D eigenvalue weighted by Crippen LogP contribution is 2.23. The van der Waals surface area contributed by atoms with Crippen molar-refractivity contribution in [3.8, 4) is 5.75 Å². The summed E-state index contributed by atoms with van der Waals surface area (Å²) in [5.41, 5.74) is 6.54. The van der Waals surface area contributed by atoms with Crippen molar-refractivity contribution in [2.75, 3.05) is 13.7 Å². The maximum atomic E-state index is 5.83. The zero-order valence-electron chi connectivity index (χ0n) is 9.92. The van der Waals surface area contributed by atoms with Crippen molar-refractivity contribution in [1.29, 1.82) is 0 Å². The molecule has 0 aliphatic carbocycles. The van der Waals surface area contributed by atoms with Crippen molar-refractivity contribution in [3.63, 3.8) is 0 Å². The molecular weight excluding hydrogens is 270 g/mol. The zero-order valence-corrected chi connectivity index (χ0v) is 11.5. The smallest absolute Gasteiger partial charge is 0.124 e. The maximum Gasteiger partial charge on any atom is 0.124 e. The fourth-order valence-electron chi connectivity index (χ4n) is 1.28. The van der Waals surface area contributed by atoms with Gasteiger partial charge < -0.3 is 15.2 Å². The van der Waals surface area contributed by atoms with E-state index in [0.29, 0.717) is 13.2 Å². The van der Waals surface area contributed by atoms with E-state index in [1.54, 1.807) is 7.11 Å². The third kappa shape index (κ3) is 4.51. The first kappa shape index (κ1) is 13.5. The van der Waals surface area contributed by atoms with Crippen molar-refractivity contribution in [2.45, 2.75) is 26.0 Å². The summed E-state index contributed by atoms with van der Waals surface area (Å²) in [7, 11) is 1.65. The molecule has 0 heterocycles. The molecule has 90 valence electrons. The van der Waals surface area contributed by atoms with Crippen LogP contribution in [0.25, 0.3) is 0 Å². The van der Waals surface area contributed by atoms with Gasteiger partial charge in [-0.25, -0.2) is 0 Å². The minimum Gasteiger partial charge on any atom is -0.496 e. The molecular formula is C12H18BrNO2. The van der Waals surface area contributed by atoms with Gasteiger partial charge in [-0.05, 0) is 32.0 Å². The summed E-state index contributed by atoms with van der Waals surface area (Å²) < 4.78 is 11.8. The highest BCUT2D eigenvalue weighted by Gasteiger charge is 2.11. The minimum atomic E-state index is -0.306. The minimum absolute atomic E-state index is 0.306. The van der Waals surface area contributed by atoms with Crippen LogP contribution in [-0.4, -0.2) is 19.3 Å². The normalized spacial score (nSPS) is 11.6. The van der Waals surface area contributed by atoms with Crippen LogP contribution in [-0.2, 0) is 11.3 Å². The average Bonchev–Trinajstić information content (AvgIpc) is 2.16. The molecule has 0 aliphatic heterocycles. The van der Waals surface area contributed by atoms with Crippen LogP contribution in [0.4, 0.5) is 0 Å². The first-order chi connectivity index (χ1) is 7.42. The van der Waals surface area contributed by atoms with Gasteiger partial charge in [0.1, 0.15) is 5.75 Å². The van der Waals surface area contributed by atoms with Gasteiger partial charge in [-0.15, -0.1) is 0 Å². The van der Waals surface area contributed by atoms with Crippen molar-refractivity contribution >= 4 is 15.9 Å². The van der Waals surface area contributed by atoms with Crippen LogP contribution in [0.3, 0.4) is 0 Å². The summed E-state index contributed by atoms with van der Waals surface area (Å²) in [5.74, 6) is 0.832. The molecule has 0 spiro atoms. The molecule has 3 nitrogen and oxygen atoms in total. The SMILES string of the molecule is COc1ccc(Br)cc1COCC(C)(C)N. The van der Waals surface area contributed by atoms with E-state index < -0.39 is 0 Å². The van der Waals surface area contributed by atoms with E-state index in [0.717, 1.165) is 15.8 Å². The Morgan fingerprint density at radius 1 is 1.38 bits per heavy atom. The van der Waals surface area contributed by atoms with Gasteiger partial charge in [0.25, 0.3) is 0 Å². The summed E-state index contributed by atoms with van der Waals surface area (Å²) in [6.45, 7) is 4.89. The third-order valence-corrected chi connectivity index (χ3v) is 2.47. The van der Waals surface area contributed by atoms with Gasteiger partial charge in [0, 0.05) is 15.6 Å². The van der Waals surface area contributed by atoms with Gasteiger partial charge in [-0.1, -0.05) is 15.9 Å². The molecule has 0 fully saturated rings. The van der Waals surface area contributed by atoms with Crippen LogP contribution in [0.2, 0.25) is 0 Å². The van der Waals surface area contributed by atoms with Gasteiger partial charge in [0.15, 0.2) is 0 Å². The lowest BCUT2D eigenvalue weighted by Gasteiger charge is -2.18. The Balaban J connectivity index is 2.62. The summed E-state index contributed by atoms with van der Waals surface area (Å²) in [6, 6.07) is 5.84. The average molecular weight is 288 g/mol. The summed E-state index contributed by atoms with van der Waals surface area (Å²) in [5, 5.41) is 0. The summed E-state index contributed by atoms with van der Waals surface area (Å²) in [4.78, 5) is 0. The van der Waals surface area contributed by atoms with Crippen LogP contribution < -0.4 is 10.5 Å². The maximum absolute atomic E-state index is 5.83. The second kappa shape index (κ2) is 5.66. The molecule has 0 aromatic heterocycles. The Kier molecular flexibility index (Phi) is 4.77. The summed E-state index contributed by atoms with van der Waals surface area (Å²) in [6.07, 6.45) is 0. The molecule has 0 unspecified atom stereocenters. The molecule has 2 N–H and O–H groups in total. The van der Waals surface area contributed by atoms with Crippen LogP contribution >= 0.6 is 15.9 Å². The Morgan fingerprint density at radius 3 is 2.62 bits per heavy atom. The van der Waals surface area contributed by atoms with Crippen molar-refractivity contribution in [2.24, 2.45) is 5.73 Å². The second-order valence-corrected chi connectivity index (χ2v) is 5.35. The van der Waals surface area contributed by atoms with Gasteiger partial charge in [0.2, 0.25) is 0 Å². The number of methoxy groups -OCH3 is 1. The van der Waals surface area contributed by atoms with Crippen LogP contribution in [0.15, 0.2) is 22.7 Å². The predicted molar refractivity (Wildman–Crippen MR) is 68.6 cm³/mol. The number of benzene rings is 1. The first-order valence-corrected chi connectivity index (χ1v) is 5.91. The second-order valence-electron chi connectivity index (χ2n) is 4.44. The van der Waals surface area contributed by atoms with E-state index >= 15 is 0 Å². The fourth-order valence-corrected chi connectivity index (χ4v) is 1.69. The molecule has 0 saturated heterocycles. The number of ether oxygens (including phenoxy) is 2. The van der Waals surface area contributed by atoms with Gasteiger partial charge in [0.05, 0.1) is 20.3 Å². The molecule has 1 aromatic carbocycles. The number of hydrogen-bond donors (Lipinski definition) is 1. The number of nitrogens with two attached hydrogens (primary N) is 1. The van der Waals surface area contributed by atoms with Gasteiger partial charge >= 0.3 is 0 Å². The van der Waals surface area contributed by atoms with E-state index in [9.17, 15) is 0 Å². The summed E-state index contributed by atoms with van der Waals surface area (Å²) >= 11 is 3.42. The zero-order chi connectivity index (χ0) is 12.2. The Bertz CT molecular complexity index is 347. The number of hydrogen-bond acceptors (Lipinski definition) is 3. The monoisotopic (exact) mass is 287 g/mol. The molecule has 0 radical (unpaired) electrons. The molecule has 0 amide bonds. The van der Waals surface area contributed by atoms with Crippen LogP contribution in [0.1, 0.15) is 19.4 Å². The lowest BCUT2D eigenvalue weighted by atomic mass is 10.1. The van der Waals surface area contributed by atoms with Gasteiger partial charge in [-0.2, -0.15) is 0 Å². The molecule has 0 atom stereocenters. The molecule has 0 saturated carbocycles. The topological polar surface area (TPSA) is 44.5 Å². The largest absolute Gasteiger partial charge is 0.496 e. The van der Waals surface area contributed by atoms with Crippen LogP contribution in [0.5, 0.6) is 5.75 Å². The molecule has 0 bridgehead atoms. The first-order valence-electron chi connectivity index (χ1n) is 5.11. The lowest BCUT2D eigenvalue weighted by Crippen LogP contribution is -2.37. The molecule has 1 rings (SSSR count). The van der Waals surface area contributed by atoms with E-state index in [2.05, 4.69) is 15.9 Å².